The van der Waals surface area contributed by atoms with Crippen LogP contribution in [0.25, 0.3) is 0 Å². The van der Waals surface area contributed by atoms with Crippen molar-refractivity contribution >= 4 is 11.4 Å². The summed E-state index contributed by atoms with van der Waals surface area (Å²) in [5.74, 6) is 0. The maximum absolute atomic E-state index is 5.28. The number of hydrogen-bond acceptors (Lipinski definition) is 2. The van der Waals surface area contributed by atoms with E-state index < -0.39 is 0 Å². The minimum atomic E-state index is 0. The molecule has 0 aliphatic carbocycles. The summed E-state index contributed by atoms with van der Waals surface area (Å²) in [7, 11) is 0. The molecule has 71 valence electrons. The maximum atomic E-state index is 5.28. The zero-order valence-electron chi connectivity index (χ0n) is 7.11. The van der Waals surface area contributed by atoms with Gasteiger partial charge in [-0.3, -0.25) is 0 Å². The summed E-state index contributed by atoms with van der Waals surface area (Å²) in [4.78, 5) is 0. The molecule has 0 spiro atoms. The number of anilines is 2. The molecule has 0 saturated heterocycles. The molecule has 3 heteroatoms. The van der Waals surface area contributed by atoms with E-state index in [4.69, 9.17) is 11.5 Å². The predicted octanol–water partition coefficient (Wildman–Crippen LogP) is 1.97. The Bertz CT molecular complexity index is 252. The third-order valence-electron chi connectivity index (χ3n) is 1.38. The standard InChI is InChI=1S/2C5H6N.Co/c2*6-5-3-1-2-4-5;/h2*1-4H,6H2;/q2*-1;+2. The zero-order valence-corrected chi connectivity index (χ0v) is 8.15. The largest absolute Gasteiger partial charge is 2.00 e. The van der Waals surface area contributed by atoms with Gasteiger partial charge in [0.2, 0.25) is 0 Å². The van der Waals surface area contributed by atoms with Gasteiger partial charge in [-0.15, -0.1) is 0 Å². The Balaban J connectivity index is 0.000000206. The number of nitrogens with two attached hydrogens (primary N) is 2. The van der Waals surface area contributed by atoms with Gasteiger partial charge in [0.1, 0.15) is 0 Å². The van der Waals surface area contributed by atoms with Crippen molar-refractivity contribution in [3.63, 3.8) is 0 Å². The topological polar surface area (TPSA) is 52.0 Å². The smallest absolute Gasteiger partial charge is 0.449 e. The Morgan fingerprint density at radius 1 is 0.615 bits per heavy atom. The Morgan fingerprint density at radius 3 is 0.923 bits per heavy atom. The monoisotopic (exact) mass is 219 g/mol. The summed E-state index contributed by atoms with van der Waals surface area (Å²) in [6.07, 6.45) is 0. The molecule has 4 N–H and O–H groups in total. The van der Waals surface area contributed by atoms with Crippen LogP contribution in [0.4, 0.5) is 11.4 Å². The van der Waals surface area contributed by atoms with Crippen LogP contribution < -0.4 is 11.5 Å². The molecular weight excluding hydrogens is 207 g/mol. The van der Waals surface area contributed by atoms with Crippen LogP contribution in [0.15, 0.2) is 48.5 Å². The van der Waals surface area contributed by atoms with Crippen LogP contribution in [-0.2, 0) is 16.8 Å². The maximum Gasteiger partial charge on any atom is 2.00 e. The predicted molar refractivity (Wildman–Crippen MR) is 52.9 cm³/mol. The van der Waals surface area contributed by atoms with Gasteiger partial charge in [0, 0.05) is 0 Å². The average Bonchev–Trinajstić information content (AvgIpc) is 2.63. The SMILES string of the molecule is N[c-]1cccc1.N[c-]1cccc1.[Co+2]. The third kappa shape index (κ3) is 5.11. The van der Waals surface area contributed by atoms with Crippen LogP contribution in [0.3, 0.4) is 0 Å². The van der Waals surface area contributed by atoms with Crippen LogP contribution in [0.2, 0.25) is 0 Å². The van der Waals surface area contributed by atoms with Crippen LogP contribution in [0.1, 0.15) is 0 Å². The Labute approximate surface area is 88.5 Å². The van der Waals surface area contributed by atoms with Crippen molar-refractivity contribution in [2.75, 3.05) is 11.5 Å². The fourth-order valence-electron chi connectivity index (χ4n) is 0.778. The molecular formula is C10H12CoN2. The van der Waals surface area contributed by atoms with E-state index in [9.17, 15) is 0 Å². The molecule has 0 aliphatic heterocycles. The Morgan fingerprint density at radius 2 is 0.846 bits per heavy atom. The summed E-state index contributed by atoms with van der Waals surface area (Å²) in [5.41, 5.74) is 12.2. The second kappa shape index (κ2) is 6.34. The fraction of sp³-hybridized carbons (Fsp3) is 0. The zero-order chi connectivity index (χ0) is 8.81. The first-order valence-electron chi connectivity index (χ1n) is 3.73. The summed E-state index contributed by atoms with van der Waals surface area (Å²) < 4.78 is 0. The van der Waals surface area contributed by atoms with Crippen molar-refractivity contribution in [3.05, 3.63) is 48.5 Å². The minimum absolute atomic E-state index is 0. The molecule has 0 amide bonds. The molecule has 0 heterocycles. The average molecular weight is 219 g/mol. The molecule has 2 aromatic rings. The van der Waals surface area contributed by atoms with Crippen molar-refractivity contribution in [2.45, 2.75) is 0 Å². The normalized spacial score (nSPS) is 8.00. The summed E-state index contributed by atoms with van der Waals surface area (Å²) in [5, 5.41) is 0. The first-order chi connectivity index (χ1) is 5.79. The van der Waals surface area contributed by atoms with Gasteiger partial charge in [-0.2, -0.15) is 24.3 Å². The summed E-state index contributed by atoms with van der Waals surface area (Å²) in [6.45, 7) is 0. The van der Waals surface area contributed by atoms with E-state index in [1.807, 2.05) is 48.5 Å². The first kappa shape index (κ1) is 11.8. The molecule has 0 fully saturated rings. The Hall–Kier alpha value is -1.19. The van der Waals surface area contributed by atoms with Crippen molar-refractivity contribution < 1.29 is 16.8 Å². The third-order valence-corrected chi connectivity index (χ3v) is 1.38. The van der Waals surface area contributed by atoms with E-state index >= 15 is 0 Å². The quantitative estimate of drug-likeness (QED) is 0.665. The summed E-state index contributed by atoms with van der Waals surface area (Å²) in [6, 6.07) is 15.1. The van der Waals surface area contributed by atoms with Crippen LogP contribution in [0, 0.1) is 0 Å². The molecule has 2 aromatic carbocycles. The van der Waals surface area contributed by atoms with E-state index in [0.717, 1.165) is 11.4 Å². The van der Waals surface area contributed by atoms with Gasteiger partial charge < -0.3 is 11.5 Å². The number of nitrogen functional groups attached to an aromatic ring is 2. The van der Waals surface area contributed by atoms with E-state index in [1.165, 1.54) is 0 Å². The van der Waals surface area contributed by atoms with Crippen LogP contribution >= 0.6 is 0 Å². The Kier molecular flexibility index (Phi) is 5.75. The molecule has 0 saturated carbocycles. The molecule has 2 nitrogen and oxygen atoms in total. The number of hydrogen-bond donors (Lipinski definition) is 2. The van der Waals surface area contributed by atoms with Crippen molar-refractivity contribution in [3.8, 4) is 0 Å². The van der Waals surface area contributed by atoms with E-state index in [0.29, 0.717) is 0 Å². The number of rotatable bonds is 0. The molecule has 0 unspecified atom stereocenters. The van der Waals surface area contributed by atoms with Crippen LogP contribution in [-0.4, -0.2) is 0 Å². The molecule has 1 radical (unpaired) electrons. The van der Waals surface area contributed by atoms with Gasteiger partial charge in [-0.1, -0.05) is 11.4 Å². The molecule has 2 rings (SSSR count). The van der Waals surface area contributed by atoms with Gasteiger partial charge in [-0.05, 0) is 0 Å². The summed E-state index contributed by atoms with van der Waals surface area (Å²) >= 11 is 0. The molecule has 13 heavy (non-hydrogen) atoms. The molecule has 0 atom stereocenters. The van der Waals surface area contributed by atoms with Crippen molar-refractivity contribution in [1.82, 2.24) is 0 Å². The van der Waals surface area contributed by atoms with Crippen molar-refractivity contribution in [2.24, 2.45) is 0 Å². The molecule has 0 aliphatic rings. The second-order valence-corrected chi connectivity index (χ2v) is 2.44. The van der Waals surface area contributed by atoms with Gasteiger partial charge in [0.15, 0.2) is 0 Å². The van der Waals surface area contributed by atoms with Crippen LogP contribution in [0.5, 0.6) is 0 Å². The fourth-order valence-corrected chi connectivity index (χ4v) is 0.778. The van der Waals surface area contributed by atoms with E-state index in [2.05, 4.69) is 0 Å². The van der Waals surface area contributed by atoms with Gasteiger partial charge in [-0.25, -0.2) is 24.3 Å². The minimum Gasteiger partial charge on any atom is -0.449 e. The van der Waals surface area contributed by atoms with E-state index in [-0.39, 0.29) is 16.8 Å². The van der Waals surface area contributed by atoms with Gasteiger partial charge in [0.25, 0.3) is 0 Å². The molecule has 0 bridgehead atoms. The second-order valence-electron chi connectivity index (χ2n) is 2.44. The first-order valence-corrected chi connectivity index (χ1v) is 3.73. The van der Waals surface area contributed by atoms with Crippen molar-refractivity contribution in [1.29, 1.82) is 0 Å². The van der Waals surface area contributed by atoms with Gasteiger partial charge in [0.05, 0.1) is 0 Å². The molecule has 0 aromatic heterocycles. The van der Waals surface area contributed by atoms with Gasteiger partial charge >= 0.3 is 16.8 Å². The van der Waals surface area contributed by atoms with E-state index in [1.54, 1.807) is 0 Å².